The van der Waals surface area contributed by atoms with E-state index < -0.39 is 0 Å². The van der Waals surface area contributed by atoms with Gasteiger partial charge in [0.1, 0.15) is 5.82 Å². The van der Waals surface area contributed by atoms with E-state index in [4.69, 9.17) is 5.73 Å². The van der Waals surface area contributed by atoms with Crippen LogP contribution >= 0.6 is 0 Å². The van der Waals surface area contributed by atoms with Crippen LogP contribution in [-0.2, 0) is 6.42 Å². The molecular weight excluding hydrogens is 198 g/mol. The highest BCUT2D eigenvalue weighted by molar-refractivity contribution is 5.38. The van der Waals surface area contributed by atoms with Gasteiger partial charge in [-0.2, -0.15) is 0 Å². The van der Waals surface area contributed by atoms with Gasteiger partial charge in [0.2, 0.25) is 0 Å². The molecule has 0 aliphatic heterocycles. The van der Waals surface area contributed by atoms with Crippen molar-refractivity contribution in [2.24, 2.45) is 11.8 Å². The van der Waals surface area contributed by atoms with Crippen LogP contribution in [-0.4, -0.2) is 18.1 Å². The maximum atomic E-state index is 5.81. The van der Waals surface area contributed by atoms with Crippen molar-refractivity contribution in [3.8, 4) is 0 Å². The van der Waals surface area contributed by atoms with Crippen molar-refractivity contribution in [3.63, 3.8) is 0 Å². The second-order valence-electron chi connectivity index (χ2n) is 4.91. The van der Waals surface area contributed by atoms with Gasteiger partial charge < -0.3 is 11.1 Å². The first-order chi connectivity index (χ1) is 7.59. The van der Waals surface area contributed by atoms with Crippen LogP contribution in [0.25, 0.3) is 0 Å². The minimum Gasteiger partial charge on any atom is -0.383 e. The second kappa shape index (κ2) is 6.48. The summed E-state index contributed by atoms with van der Waals surface area (Å²) < 4.78 is 0. The highest BCUT2D eigenvalue weighted by Gasteiger charge is 2.06. The minimum atomic E-state index is 0.588. The Hall–Kier alpha value is -1.09. The average molecular weight is 221 g/mol. The lowest BCUT2D eigenvalue weighted by Crippen LogP contribution is -2.26. The Morgan fingerprint density at radius 3 is 2.69 bits per heavy atom. The number of rotatable bonds is 6. The van der Waals surface area contributed by atoms with Gasteiger partial charge in [-0.25, -0.2) is 4.98 Å². The number of nitrogen functional groups attached to an aromatic ring is 1. The number of nitrogens with two attached hydrogens (primary N) is 1. The van der Waals surface area contributed by atoms with E-state index in [-0.39, 0.29) is 0 Å². The molecule has 3 N–H and O–H groups in total. The number of hydrogen-bond donors (Lipinski definition) is 2. The van der Waals surface area contributed by atoms with E-state index in [1.165, 1.54) is 0 Å². The zero-order chi connectivity index (χ0) is 12.0. The number of pyridine rings is 1. The summed E-state index contributed by atoms with van der Waals surface area (Å²) >= 11 is 0. The lowest BCUT2D eigenvalue weighted by molar-refractivity contribution is 0.473. The van der Waals surface area contributed by atoms with Crippen molar-refractivity contribution in [2.75, 3.05) is 18.8 Å². The van der Waals surface area contributed by atoms with Crippen molar-refractivity contribution in [2.45, 2.75) is 27.2 Å². The fourth-order valence-electron chi connectivity index (χ4n) is 1.69. The minimum absolute atomic E-state index is 0.588. The Balaban J connectivity index is 2.34. The fraction of sp³-hybridized carbons (Fsp3) is 0.615. The molecule has 3 nitrogen and oxygen atoms in total. The first kappa shape index (κ1) is 13.0. The molecule has 0 radical (unpaired) electrons. The van der Waals surface area contributed by atoms with Gasteiger partial charge in [-0.1, -0.05) is 26.8 Å². The fourth-order valence-corrected chi connectivity index (χ4v) is 1.69. The molecule has 1 atom stereocenters. The van der Waals surface area contributed by atoms with Crippen molar-refractivity contribution in [3.05, 3.63) is 23.9 Å². The molecule has 90 valence electrons. The number of nitrogens with zero attached hydrogens (tertiary/aromatic N) is 1. The molecule has 0 bridgehead atoms. The van der Waals surface area contributed by atoms with Gasteiger partial charge >= 0.3 is 0 Å². The zero-order valence-corrected chi connectivity index (χ0v) is 10.5. The summed E-state index contributed by atoms with van der Waals surface area (Å²) in [5.41, 5.74) is 6.97. The first-order valence-corrected chi connectivity index (χ1v) is 5.99. The predicted octanol–water partition coefficient (Wildman–Crippen LogP) is 2.09. The van der Waals surface area contributed by atoms with Crippen LogP contribution in [0.4, 0.5) is 5.82 Å². The Labute approximate surface area is 98.5 Å². The molecule has 0 saturated carbocycles. The van der Waals surface area contributed by atoms with E-state index in [9.17, 15) is 0 Å². The number of aromatic nitrogens is 1. The van der Waals surface area contributed by atoms with Gasteiger partial charge in [0.15, 0.2) is 0 Å². The molecule has 0 aliphatic carbocycles. The number of hydrogen-bond acceptors (Lipinski definition) is 3. The molecule has 1 rings (SSSR count). The van der Waals surface area contributed by atoms with E-state index in [1.807, 2.05) is 6.07 Å². The summed E-state index contributed by atoms with van der Waals surface area (Å²) in [5, 5.41) is 3.46. The standard InChI is InChI=1S/C13H23N3/c1-10(2)8-15-9-11(3)7-12-5-4-6-16-13(12)14/h4-6,10-11,15H,7-9H2,1-3H3,(H2,14,16). The largest absolute Gasteiger partial charge is 0.383 e. The van der Waals surface area contributed by atoms with Crippen LogP contribution in [0.1, 0.15) is 26.3 Å². The van der Waals surface area contributed by atoms with E-state index in [0.717, 1.165) is 25.1 Å². The van der Waals surface area contributed by atoms with Gasteiger partial charge in [-0.15, -0.1) is 0 Å². The van der Waals surface area contributed by atoms with E-state index in [1.54, 1.807) is 6.20 Å². The predicted molar refractivity (Wildman–Crippen MR) is 69.2 cm³/mol. The van der Waals surface area contributed by atoms with Gasteiger partial charge in [-0.05, 0) is 43.0 Å². The third-order valence-electron chi connectivity index (χ3n) is 2.54. The Morgan fingerprint density at radius 2 is 2.06 bits per heavy atom. The van der Waals surface area contributed by atoms with Gasteiger partial charge in [0.05, 0.1) is 0 Å². The van der Waals surface area contributed by atoms with Crippen LogP contribution in [0.5, 0.6) is 0 Å². The third-order valence-corrected chi connectivity index (χ3v) is 2.54. The number of anilines is 1. The van der Waals surface area contributed by atoms with Crippen LogP contribution in [0.2, 0.25) is 0 Å². The van der Waals surface area contributed by atoms with E-state index in [2.05, 4.69) is 37.1 Å². The molecule has 1 unspecified atom stereocenters. The van der Waals surface area contributed by atoms with Gasteiger partial charge in [0, 0.05) is 6.20 Å². The highest BCUT2D eigenvalue weighted by atomic mass is 14.9. The maximum absolute atomic E-state index is 5.81. The van der Waals surface area contributed by atoms with Crippen LogP contribution < -0.4 is 11.1 Å². The SMILES string of the molecule is CC(C)CNCC(C)Cc1cccnc1N. The molecule has 0 saturated heterocycles. The molecule has 0 aliphatic rings. The molecule has 0 amide bonds. The van der Waals surface area contributed by atoms with Crippen LogP contribution in [0.3, 0.4) is 0 Å². The van der Waals surface area contributed by atoms with Crippen LogP contribution in [0, 0.1) is 11.8 Å². The molecule has 0 aromatic carbocycles. The Kier molecular flexibility index (Phi) is 5.26. The topological polar surface area (TPSA) is 50.9 Å². The van der Waals surface area contributed by atoms with Crippen molar-refractivity contribution in [1.29, 1.82) is 0 Å². The first-order valence-electron chi connectivity index (χ1n) is 5.99. The van der Waals surface area contributed by atoms with Gasteiger partial charge in [0.25, 0.3) is 0 Å². The summed E-state index contributed by atoms with van der Waals surface area (Å²) in [5.74, 6) is 1.96. The summed E-state index contributed by atoms with van der Waals surface area (Å²) in [4.78, 5) is 4.10. The summed E-state index contributed by atoms with van der Waals surface area (Å²) in [6.45, 7) is 8.78. The molecule has 1 aromatic heterocycles. The van der Waals surface area contributed by atoms with E-state index >= 15 is 0 Å². The maximum Gasteiger partial charge on any atom is 0.126 e. The highest BCUT2D eigenvalue weighted by Crippen LogP contribution is 2.12. The van der Waals surface area contributed by atoms with Crippen molar-refractivity contribution in [1.82, 2.24) is 10.3 Å². The molecule has 1 aromatic rings. The monoisotopic (exact) mass is 221 g/mol. The van der Waals surface area contributed by atoms with Crippen LogP contribution in [0.15, 0.2) is 18.3 Å². The van der Waals surface area contributed by atoms with Gasteiger partial charge in [-0.3, -0.25) is 0 Å². The molecule has 0 spiro atoms. The summed E-state index contributed by atoms with van der Waals surface area (Å²) in [6, 6.07) is 4.00. The summed E-state index contributed by atoms with van der Waals surface area (Å²) in [6.07, 6.45) is 2.73. The molecule has 3 heteroatoms. The lowest BCUT2D eigenvalue weighted by Gasteiger charge is -2.14. The normalized spacial score (nSPS) is 13.0. The van der Waals surface area contributed by atoms with E-state index in [0.29, 0.717) is 17.7 Å². The second-order valence-corrected chi connectivity index (χ2v) is 4.91. The molecule has 16 heavy (non-hydrogen) atoms. The summed E-state index contributed by atoms with van der Waals surface area (Å²) in [7, 11) is 0. The molecule has 0 fully saturated rings. The van der Waals surface area contributed by atoms with Crippen molar-refractivity contribution >= 4 is 5.82 Å². The molecule has 1 heterocycles. The Morgan fingerprint density at radius 1 is 1.31 bits per heavy atom. The lowest BCUT2D eigenvalue weighted by atomic mass is 10.0. The average Bonchev–Trinajstić information content (AvgIpc) is 2.21. The third kappa shape index (κ3) is 4.62. The number of nitrogens with one attached hydrogen (secondary N) is 1. The van der Waals surface area contributed by atoms with Crippen molar-refractivity contribution < 1.29 is 0 Å². The molecular formula is C13H23N3. The zero-order valence-electron chi connectivity index (χ0n) is 10.5. The smallest absolute Gasteiger partial charge is 0.126 e. The quantitative estimate of drug-likeness (QED) is 0.773. The Bertz CT molecular complexity index is 310.